The zero-order valence-electron chi connectivity index (χ0n) is 22.7. The number of sulfonamides is 1. The van der Waals surface area contributed by atoms with Crippen LogP contribution in [0.25, 0.3) is 0 Å². The van der Waals surface area contributed by atoms with Gasteiger partial charge in [-0.3, -0.25) is 13.9 Å². The second-order valence-electron chi connectivity index (χ2n) is 9.41. The zero-order chi connectivity index (χ0) is 29.2. The van der Waals surface area contributed by atoms with Gasteiger partial charge in [0.05, 0.1) is 10.6 Å². The standard InChI is InChI=1S/C32H32ClN3O4S/c1-2-34-32(38)30(22-25-12-6-3-7-13-25)35(23-26-14-8-4-9-15-26)31(37)24-36(28-16-10-5-11-17-28)41(39,40)29-20-18-27(33)19-21-29/h3-21,30H,2,22-24H2,1H3,(H,34,38)/t30-/m1/s1. The van der Waals surface area contributed by atoms with Crippen molar-refractivity contribution in [1.29, 1.82) is 0 Å². The number of hydrogen-bond donors (Lipinski definition) is 1. The van der Waals surface area contributed by atoms with Crippen molar-refractivity contribution in [2.24, 2.45) is 0 Å². The average molecular weight is 590 g/mol. The van der Waals surface area contributed by atoms with Crippen LogP contribution in [0.3, 0.4) is 0 Å². The Hall–Kier alpha value is -4.14. The number of halogens is 1. The lowest BCUT2D eigenvalue weighted by molar-refractivity contribution is -0.140. The number of amides is 2. The predicted molar refractivity (Wildman–Crippen MR) is 162 cm³/mol. The molecule has 0 bridgehead atoms. The van der Waals surface area contributed by atoms with Crippen molar-refractivity contribution >= 4 is 39.1 Å². The van der Waals surface area contributed by atoms with E-state index in [2.05, 4.69) is 5.32 Å². The van der Waals surface area contributed by atoms with Crippen LogP contribution in [0.15, 0.2) is 120 Å². The number of para-hydroxylation sites is 1. The molecule has 212 valence electrons. The number of likely N-dealkylation sites (N-methyl/N-ethyl adjacent to an activating group) is 1. The van der Waals surface area contributed by atoms with Gasteiger partial charge in [0.2, 0.25) is 11.8 Å². The Balaban J connectivity index is 1.76. The fourth-order valence-corrected chi connectivity index (χ4v) is 6.02. The van der Waals surface area contributed by atoms with Crippen LogP contribution in [0.4, 0.5) is 5.69 Å². The maximum Gasteiger partial charge on any atom is 0.264 e. The third-order valence-corrected chi connectivity index (χ3v) is 8.58. The normalized spacial score (nSPS) is 11.9. The van der Waals surface area contributed by atoms with E-state index < -0.39 is 28.5 Å². The lowest BCUT2D eigenvalue weighted by Gasteiger charge is -2.33. The molecule has 0 aliphatic heterocycles. The third-order valence-electron chi connectivity index (χ3n) is 6.54. The van der Waals surface area contributed by atoms with Crippen LogP contribution in [-0.4, -0.2) is 44.3 Å². The van der Waals surface area contributed by atoms with Gasteiger partial charge >= 0.3 is 0 Å². The van der Waals surface area contributed by atoms with Gasteiger partial charge in [-0.15, -0.1) is 0 Å². The van der Waals surface area contributed by atoms with Crippen LogP contribution < -0.4 is 9.62 Å². The largest absolute Gasteiger partial charge is 0.355 e. The van der Waals surface area contributed by atoms with Gasteiger partial charge in [0, 0.05) is 24.5 Å². The molecule has 1 N–H and O–H groups in total. The SMILES string of the molecule is CCNC(=O)[C@@H](Cc1ccccc1)N(Cc1ccccc1)C(=O)CN(c1ccccc1)S(=O)(=O)c1ccc(Cl)cc1. The molecule has 0 spiro atoms. The number of hydrogen-bond acceptors (Lipinski definition) is 4. The molecule has 7 nitrogen and oxygen atoms in total. The minimum absolute atomic E-state index is 0.00211. The van der Waals surface area contributed by atoms with E-state index in [0.717, 1.165) is 15.4 Å². The fraction of sp³-hybridized carbons (Fsp3) is 0.188. The first-order valence-corrected chi connectivity index (χ1v) is 15.1. The highest BCUT2D eigenvalue weighted by atomic mass is 35.5. The zero-order valence-corrected chi connectivity index (χ0v) is 24.3. The number of carbonyl (C=O) groups is 2. The molecule has 2 amide bonds. The first-order valence-electron chi connectivity index (χ1n) is 13.3. The number of benzene rings is 4. The molecule has 0 unspecified atom stereocenters. The van der Waals surface area contributed by atoms with Crippen LogP contribution in [0.2, 0.25) is 5.02 Å². The highest BCUT2D eigenvalue weighted by Crippen LogP contribution is 2.26. The molecule has 0 aromatic heterocycles. The third kappa shape index (κ3) is 7.74. The van der Waals surface area contributed by atoms with Crippen molar-refractivity contribution in [3.63, 3.8) is 0 Å². The van der Waals surface area contributed by atoms with Gasteiger partial charge in [-0.25, -0.2) is 8.42 Å². The number of carbonyl (C=O) groups excluding carboxylic acids is 2. The minimum atomic E-state index is -4.16. The second-order valence-corrected chi connectivity index (χ2v) is 11.7. The number of anilines is 1. The maximum absolute atomic E-state index is 14.2. The number of rotatable bonds is 12. The van der Waals surface area contributed by atoms with Crippen molar-refractivity contribution in [1.82, 2.24) is 10.2 Å². The Kier molecular flexibility index (Phi) is 10.2. The number of nitrogens with zero attached hydrogens (tertiary/aromatic N) is 2. The second kappa shape index (κ2) is 14.0. The lowest BCUT2D eigenvalue weighted by atomic mass is 10.0. The Labute approximate surface area is 246 Å². The smallest absolute Gasteiger partial charge is 0.264 e. The van der Waals surface area contributed by atoms with Crippen LogP contribution >= 0.6 is 11.6 Å². The molecular weight excluding hydrogens is 558 g/mol. The van der Waals surface area contributed by atoms with E-state index in [1.165, 1.54) is 29.2 Å². The van der Waals surface area contributed by atoms with E-state index in [1.807, 2.05) is 67.6 Å². The number of nitrogens with one attached hydrogen (secondary N) is 1. The van der Waals surface area contributed by atoms with E-state index >= 15 is 0 Å². The molecule has 0 saturated carbocycles. The summed E-state index contributed by atoms with van der Waals surface area (Å²) in [4.78, 5) is 29.1. The Morgan fingerprint density at radius 1 is 0.780 bits per heavy atom. The van der Waals surface area contributed by atoms with E-state index in [9.17, 15) is 18.0 Å². The average Bonchev–Trinajstić information content (AvgIpc) is 2.99. The van der Waals surface area contributed by atoms with Gasteiger partial charge in [0.15, 0.2) is 0 Å². The van der Waals surface area contributed by atoms with Crippen molar-refractivity contribution in [2.45, 2.75) is 30.8 Å². The van der Waals surface area contributed by atoms with E-state index in [4.69, 9.17) is 11.6 Å². The van der Waals surface area contributed by atoms with Crippen LogP contribution in [0.5, 0.6) is 0 Å². The molecule has 0 heterocycles. The molecule has 4 aromatic rings. The van der Waals surface area contributed by atoms with E-state index in [0.29, 0.717) is 17.3 Å². The summed E-state index contributed by atoms with van der Waals surface area (Å²) in [5.74, 6) is -0.824. The Morgan fingerprint density at radius 2 is 1.32 bits per heavy atom. The van der Waals surface area contributed by atoms with Gasteiger partial charge in [-0.05, 0) is 54.4 Å². The molecule has 0 aliphatic carbocycles. The molecule has 1 atom stereocenters. The van der Waals surface area contributed by atoms with Gasteiger partial charge in [-0.1, -0.05) is 90.5 Å². The van der Waals surface area contributed by atoms with Crippen LogP contribution in [-0.2, 0) is 32.6 Å². The molecule has 0 radical (unpaired) electrons. The summed E-state index contributed by atoms with van der Waals surface area (Å²) < 4.78 is 28.9. The summed E-state index contributed by atoms with van der Waals surface area (Å²) in [6.07, 6.45) is 0.264. The van der Waals surface area contributed by atoms with Gasteiger partial charge in [-0.2, -0.15) is 0 Å². The van der Waals surface area contributed by atoms with Crippen molar-refractivity contribution in [3.8, 4) is 0 Å². The first-order chi connectivity index (χ1) is 19.8. The van der Waals surface area contributed by atoms with Crippen molar-refractivity contribution in [3.05, 3.63) is 131 Å². The van der Waals surface area contributed by atoms with Crippen LogP contribution in [0.1, 0.15) is 18.1 Å². The molecule has 4 rings (SSSR count). The molecule has 9 heteroatoms. The van der Waals surface area contributed by atoms with Crippen molar-refractivity contribution in [2.75, 3.05) is 17.4 Å². The molecular formula is C32H32ClN3O4S. The first kappa shape index (κ1) is 29.8. The minimum Gasteiger partial charge on any atom is -0.355 e. The summed E-state index contributed by atoms with van der Waals surface area (Å²) in [6, 6.07) is 32.2. The highest BCUT2D eigenvalue weighted by molar-refractivity contribution is 7.92. The summed E-state index contributed by atoms with van der Waals surface area (Å²) in [5.41, 5.74) is 2.02. The Bertz CT molecular complexity index is 1530. The monoisotopic (exact) mass is 589 g/mol. The molecule has 0 aliphatic rings. The van der Waals surface area contributed by atoms with Gasteiger partial charge in [0.25, 0.3) is 10.0 Å². The topological polar surface area (TPSA) is 86.8 Å². The summed E-state index contributed by atoms with van der Waals surface area (Å²) in [6.45, 7) is 1.82. The summed E-state index contributed by atoms with van der Waals surface area (Å²) in [5, 5.41) is 3.25. The quantitative estimate of drug-likeness (QED) is 0.243. The Morgan fingerprint density at radius 3 is 1.88 bits per heavy atom. The summed E-state index contributed by atoms with van der Waals surface area (Å²) >= 11 is 6.01. The lowest BCUT2D eigenvalue weighted by Crippen LogP contribution is -2.53. The summed E-state index contributed by atoms with van der Waals surface area (Å²) in [7, 11) is -4.16. The van der Waals surface area contributed by atoms with Crippen LogP contribution in [0, 0.1) is 0 Å². The molecule has 41 heavy (non-hydrogen) atoms. The molecule has 4 aromatic carbocycles. The fourth-order valence-electron chi connectivity index (χ4n) is 4.48. The highest BCUT2D eigenvalue weighted by Gasteiger charge is 2.34. The predicted octanol–water partition coefficient (Wildman–Crippen LogP) is 5.31. The molecule has 0 fully saturated rings. The molecule has 0 saturated heterocycles. The van der Waals surface area contributed by atoms with Crippen molar-refractivity contribution < 1.29 is 18.0 Å². The van der Waals surface area contributed by atoms with Gasteiger partial charge in [0.1, 0.15) is 12.6 Å². The van der Waals surface area contributed by atoms with Gasteiger partial charge < -0.3 is 10.2 Å². The van der Waals surface area contributed by atoms with E-state index in [1.54, 1.807) is 30.3 Å². The maximum atomic E-state index is 14.2. The van der Waals surface area contributed by atoms with E-state index in [-0.39, 0.29) is 23.8 Å².